The molecular weight excluding hydrogens is 394 g/mol. The van der Waals surface area contributed by atoms with E-state index < -0.39 is 9.84 Å². The molecular formula is C20H25N3O3S2. The molecule has 0 N–H and O–H groups in total. The zero-order chi connectivity index (χ0) is 19.6. The van der Waals surface area contributed by atoms with Crippen LogP contribution in [0.2, 0.25) is 0 Å². The van der Waals surface area contributed by atoms with Crippen LogP contribution in [-0.4, -0.2) is 59.2 Å². The van der Waals surface area contributed by atoms with Crippen molar-refractivity contribution in [3.8, 4) is 0 Å². The molecule has 2 fully saturated rings. The lowest BCUT2D eigenvalue weighted by atomic mass is 10.2. The molecule has 1 saturated carbocycles. The maximum Gasteiger partial charge on any atom is 0.237 e. The van der Waals surface area contributed by atoms with Crippen molar-refractivity contribution in [3.05, 3.63) is 52.5 Å². The maximum absolute atomic E-state index is 13.3. The number of hydrogen-bond donors (Lipinski definition) is 0. The van der Waals surface area contributed by atoms with Crippen LogP contribution >= 0.6 is 11.3 Å². The molecule has 2 aliphatic rings. The molecule has 150 valence electrons. The average molecular weight is 420 g/mol. The Morgan fingerprint density at radius 2 is 2.00 bits per heavy atom. The summed E-state index contributed by atoms with van der Waals surface area (Å²) in [5, 5.41) is 1.99. The maximum atomic E-state index is 13.3. The SMILES string of the molecule is O=C(CN(Cc1cccnc1)C1CC1)N(Cc1cccs1)C1CCS(=O)(=O)C1. The summed E-state index contributed by atoms with van der Waals surface area (Å²) in [5.41, 5.74) is 1.09. The lowest BCUT2D eigenvalue weighted by Gasteiger charge is -2.31. The van der Waals surface area contributed by atoms with Gasteiger partial charge < -0.3 is 4.90 Å². The molecule has 0 spiro atoms. The summed E-state index contributed by atoms with van der Waals surface area (Å²) in [6, 6.07) is 8.11. The van der Waals surface area contributed by atoms with Gasteiger partial charge in [0.15, 0.2) is 9.84 Å². The van der Waals surface area contributed by atoms with Crippen molar-refractivity contribution in [2.45, 2.75) is 44.4 Å². The first-order valence-electron chi connectivity index (χ1n) is 9.65. The standard InChI is InChI=1S/C20H25N3O3S2/c24-20(14-22(17-5-6-17)12-16-3-1-8-21-11-16)23(13-19-4-2-9-27-19)18-7-10-28(25,26)15-18/h1-4,8-9,11,17-18H,5-7,10,12-15H2. The van der Waals surface area contributed by atoms with E-state index >= 15 is 0 Å². The highest BCUT2D eigenvalue weighted by molar-refractivity contribution is 7.91. The second-order valence-corrected chi connectivity index (χ2v) is 10.9. The van der Waals surface area contributed by atoms with Crippen molar-refractivity contribution in [2.24, 2.45) is 0 Å². The van der Waals surface area contributed by atoms with E-state index in [-0.39, 0.29) is 23.5 Å². The molecule has 1 atom stereocenters. The lowest BCUT2D eigenvalue weighted by Crippen LogP contribution is -2.46. The van der Waals surface area contributed by atoms with Crippen molar-refractivity contribution in [1.82, 2.24) is 14.8 Å². The van der Waals surface area contributed by atoms with Crippen LogP contribution in [0.25, 0.3) is 0 Å². The number of hydrogen-bond acceptors (Lipinski definition) is 6. The Kier molecular flexibility index (Phi) is 5.80. The fourth-order valence-corrected chi connectivity index (χ4v) is 6.19. The van der Waals surface area contributed by atoms with Crippen molar-refractivity contribution in [3.63, 3.8) is 0 Å². The first-order valence-corrected chi connectivity index (χ1v) is 12.4. The van der Waals surface area contributed by atoms with E-state index in [0.29, 0.717) is 32.1 Å². The van der Waals surface area contributed by atoms with E-state index in [9.17, 15) is 13.2 Å². The van der Waals surface area contributed by atoms with Crippen LogP contribution in [0.1, 0.15) is 29.7 Å². The number of aromatic nitrogens is 1. The zero-order valence-corrected chi connectivity index (χ0v) is 17.4. The van der Waals surface area contributed by atoms with Crippen molar-refractivity contribution >= 4 is 27.1 Å². The van der Waals surface area contributed by atoms with Gasteiger partial charge in [-0.15, -0.1) is 11.3 Å². The smallest absolute Gasteiger partial charge is 0.237 e. The van der Waals surface area contributed by atoms with Crippen molar-refractivity contribution in [1.29, 1.82) is 0 Å². The molecule has 0 aromatic carbocycles. The first-order chi connectivity index (χ1) is 13.5. The van der Waals surface area contributed by atoms with Crippen LogP contribution in [0.5, 0.6) is 0 Å². The van der Waals surface area contributed by atoms with Crippen LogP contribution < -0.4 is 0 Å². The third-order valence-electron chi connectivity index (χ3n) is 5.39. The third kappa shape index (κ3) is 4.98. The Bertz CT molecular complexity index is 896. The fraction of sp³-hybridized carbons (Fsp3) is 0.500. The summed E-state index contributed by atoms with van der Waals surface area (Å²) in [6.45, 7) is 1.50. The Balaban J connectivity index is 1.49. The predicted octanol–water partition coefficient (Wildman–Crippen LogP) is 2.32. The molecule has 0 bridgehead atoms. The van der Waals surface area contributed by atoms with Gasteiger partial charge >= 0.3 is 0 Å². The molecule has 2 aromatic heterocycles. The van der Waals surface area contributed by atoms with E-state index in [4.69, 9.17) is 0 Å². The van der Waals surface area contributed by atoms with Gasteiger partial charge in [-0.2, -0.15) is 0 Å². The summed E-state index contributed by atoms with van der Waals surface area (Å²) in [4.78, 5) is 22.6. The van der Waals surface area contributed by atoms with E-state index in [2.05, 4.69) is 9.88 Å². The summed E-state index contributed by atoms with van der Waals surface area (Å²) >= 11 is 1.60. The summed E-state index contributed by atoms with van der Waals surface area (Å²) in [6.07, 6.45) is 6.34. The number of pyridine rings is 1. The molecule has 3 heterocycles. The minimum absolute atomic E-state index is 0.0197. The number of carbonyl (C=O) groups excluding carboxylic acids is 1. The highest BCUT2D eigenvalue weighted by atomic mass is 32.2. The highest BCUT2D eigenvalue weighted by Gasteiger charge is 2.37. The zero-order valence-electron chi connectivity index (χ0n) is 15.7. The summed E-state index contributed by atoms with van der Waals surface area (Å²) in [7, 11) is -3.05. The topological polar surface area (TPSA) is 70.6 Å². The molecule has 28 heavy (non-hydrogen) atoms. The largest absolute Gasteiger partial charge is 0.332 e. The molecule has 0 radical (unpaired) electrons. The Morgan fingerprint density at radius 3 is 2.61 bits per heavy atom. The Labute approximate surface area is 170 Å². The monoisotopic (exact) mass is 419 g/mol. The predicted molar refractivity (Wildman–Crippen MR) is 110 cm³/mol. The Morgan fingerprint density at radius 1 is 1.14 bits per heavy atom. The quantitative estimate of drug-likeness (QED) is 0.657. The van der Waals surface area contributed by atoms with E-state index in [1.165, 1.54) is 0 Å². The van der Waals surface area contributed by atoms with E-state index in [0.717, 1.165) is 23.3 Å². The number of nitrogens with zero attached hydrogens (tertiary/aromatic N) is 3. The molecule has 4 rings (SSSR count). The lowest BCUT2D eigenvalue weighted by molar-refractivity contribution is -0.135. The second-order valence-electron chi connectivity index (χ2n) is 7.66. The fourth-order valence-electron chi connectivity index (χ4n) is 3.76. The normalized spacial score (nSPS) is 21.1. The van der Waals surface area contributed by atoms with Gasteiger partial charge in [0.1, 0.15) is 0 Å². The third-order valence-corrected chi connectivity index (χ3v) is 8.00. The summed E-state index contributed by atoms with van der Waals surface area (Å²) < 4.78 is 24.0. The molecule has 1 aliphatic carbocycles. The number of rotatable bonds is 8. The van der Waals surface area contributed by atoms with Crippen LogP contribution in [0.3, 0.4) is 0 Å². The van der Waals surface area contributed by atoms with E-state index in [1.54, 1.807) is 22.4 Å². The summed E-state index contributed by atoms with van der Waals surface area (Å²) in [5.74, 6) is 0.274. The van der Waals surface area contributed by atoms with Crippen LogP contribution in [0.4, 0.5) is 0 Å². The average Bonchev–Trinajstić information content (AvgIpc) is 3.28. The molecule has 6 nitrogen and oxygen atoms in total. The second kappa shape index (κ2) is 8.31. The number of carbonyl (C=O) groups is 1. The van der Waals surface area contributed by atoms with Crippen LogP contribution in [-0.2, 0) is 27.7 Å². The first kappa shape index (κ1) is 19.5. The molecule has 1 saturated heterocycles. The van der Waals surface area contributed by atoms with E-state index in [1.807, 2.05) is 35.8 Å². The molecule has 1 amide bonds. The molecule has 2 aromatic rings. The van der Waals surface area contributed by atoms with Gasteiger partial charge in [-0.3, -0.25) is 14.7 Å². The number of thiophene rings is 1. The van der Waals surface area contributed by atoms with Crippen molar-refractivity contribution < 1.29 is 13.2 Å². The molecule has 1 unspecified atom stereocenters. The Hall–Kier alpha value is -1.77. The number of amides is 1. The van der Waals surface area contributed by atoms with Crippen LogP contribution in [0, 0.1) is 0 Å². The number of sulfone groups is 1. The highest BCUT2D eigenvalue weighted by Crippen LogP contribution is 2.29. The van der Waals surface area contributed by atoms with Crippen LogP contribution in [0.15, 0.2) is 42.0 Å². The van der Waals surface area contributed by atoms with Gasteiger partial charge in [-0.25, -0.2) is 8.42 Å². The van der Waals surface area contributed by atoms with Gasteiger partial charge in [0, 0.05) is 35.9 Å². The minimum Gasteiger partial charge on any atom is -0.332 e. The van der Waals surface area contributed by atoms with Gasteiger partial charge in [0.2, 0.25) is 5.91 Å². The van der Waals surface area contributed by atoms with Gasteiger partial charge in [0.05, 0.1) is 24.6 Å². The molecule has 8 heteroatoms. The van der Waals surface area contributed by atoms with Gasteiger partial charge in [0.25, 0.3) is 0 Å². The van der Waals surface area contributed by atoms with Gasteiger partial charge in [-0.1, -0.05) is 12.1 Å². The molecule has 1 aliphatic heterocycles. The minimum atomic E-state index is -3.05. The van der Waals surface area contributed by atoms with Crippen molar-refractivity contribution in [2.75, 3.05) is 18.1 Å². The van der Waals surface area contributed by atoms with Gasteiger partial charge in [-0.05, 0) is 42.3 Å².